The number of sulfonamides is 1. The van der Waals surface area contributed by atoms with Crippen LogP contribution in [0.2, 0.25) is 0 Å². The molecular formula is C23H14F6N4O2S. The van der Waals surface area contributed by atoms with Crippen LogP contribution in [-0.2, 0) is 22.4 Å². The first-order valence-electron chi connectivity index (χ1n) is 9.97. The Morgan fingerprint density at radius 3 is 1.92 bits per heavy atom. The van der Waals surface area contributed by atoms with Gasteiger partial charge in [0.05, 0.1) is 21.8 Å². The second kappa shape index (κ2) is 8.99. The topological polar surface area (TPSA) is 98.8 Å². The minimum Gasteiger partial charge on any atom is -0.244 e. The Bertz CT molecular complexity index is 1540. The molecule has 0 aliphatic carbocycles. The SMILES string of the molecule is NS(=O)(=O)c1ccccc1-c1cccc(-c2nc(-c3ccc(C(F)(F)F)cc3)cc(C(F)(F)F)n2)n1. The average Bonchev–Trinajstić information content (AvgIpc) is 2.82. The zero-order valence-corrected chi connectivity index (χ0v) is 18.7. The Balaban J connectivity index is 1.86. The summed E-state index contributed by atoms with van der Waals surface area (Å²) >= 11 is 0. The predicted octanol–water partition coefficient (Wildman–Crippen LogP) is 5.56. The van der Waals surface area contributed by atoms with E-state index in [0.29, 0.717) is 6.07 Å². The summed E-state index contributed by atoms with van der Waals surface area (Å²) in [5.74, 6) is -0.463. The molecule has 0 saturated carbocycles. The minimum atomic E-state index is -4.89. The Kier molecular flexibility index (Phi) is 6.31. The summed E-state index contributed by atoms with van der Waals surface area (Å²) in [6.45, 7) is 0. The van der Waals surface area contributed by atoms with Gasteiger partial charge in [0.2, 0.25) is 10.0 Å². The predicted molar refractivity (Wildman–Crippen MR) is 118 cm³/mol. The first-order chi connectivity index (χ1) is 16.7. The maximum Gasteiger partial charge on any atom is 0.433 e. The van der Waals surface area contributed by atoms with Crippen molar-refractivity contribution in [3.05, 3.63) is 84.1 Å². The molecule has 2 N–H and O–H groups in total. The van der Waals surface area contributed by atoms with Gasteiger partial charge >= 0.3 is 12.4 Å². The number of benzene rings is 2. The van der Waals surface area contributed by atoms with Crippen LogP contribution >= 0.6 is 0 Å². The van der Waals surface area contributed by atoms with E-state index in [1.54, 1.807) is 0 Å². The molecule has 0 fully saturated rings. The van der Waals surface area contributed by atoms with Gasteiger partial charge in [-0.25, -0.2) is 28.5 Å². The molecule has 0 atom stereocenters. The van der Waals surface area contributed by atoms with E-state index in [-0.39, 0.29) is 33.1 Å². The first kappa shape index (κ1) is 25.3. The molecule has 0 unspecified atom stereocenters. The Hall–Kier alpha value is -3.84. The van der Waals surface area contributed by atoms with Gasteiger partial charge in [-0.05, 0) is 36.4 Å². The zero-order chi connectivity index (χ0) is 26.3. The van der Waals surface area contributed by atoms with Gasteiger partial charge in [-0.1, -0.05) is 36.4 Å². The maximum absolute atomic E-state index is 13.6. The van der Waals surface area contributed by atoms with Crippen molar-refractivity contribution in [1.29, 1.82) is 0 Å². The lowest BCUT2D eigenvalue weighted by molar-refractivity contribution is -0.141. The van der Waals surface area contributed by atoms with E-state index in [0.717, 1.165) is 24.3 Å². The maximum atomic E-state index is 13.6. The summed E-state index contributed by atoms with van der Waals surface area (Å²) in [5, 5.41) is 5.26. The van der Waals surface area contributed by atoms with Crippen molar-refractivity contribution in [2.24, 2.45) is 5.14 Å². The fraction of sp³-hybridized carbons (Fsp3) is 0.0870. The number of rotatable bonds is 4. The minimum absolute atomic E-state index is 0.00660. The van der Waals surface area contributed by atoms with Crippen LogP contribution < -0.4 is 5.14 Å². The smallest absolute Gasteiger partial charge is 0.244 e. The lowest BCUT2D eigenvalue weighted by Crippen LogP contribution is -2.13. The molecule has 4 aromatic rings. The molecule has 0 amide bonds. The molecule has 13 heteroatoms. The third kappa shape index (κ3) is 5.36. The molecule has 2 aromatic carbocycles. The first-order valence-corrected chi connectivity index (χ1v) is 11.5. The zero-order valence-electron chi connectivity index (χ0n) is 17.8. The van der Waals surface area contributed by atoms with E-state index in [2.05, 4.69) is 15.0 Å². The lowest BCUT2D eigenvalue weighted by atomic mass is 10.1. The highest BCUT2D eigenvalue weighted by atomic mass is 32.2. The molecule has 186 valence electrons. The van der Waals surface area contributed by atoms with Crippen molar-refractivity contribution < 1.29 is 34.8 Å². The molecule has 36 heavy (non-hydrogen) atoms. The number of aromatic nitrogens is 3. The van der Waals surface area contributed by atoms with Crippen LogP contribution in [0.5, 0.6) is 0 Å². The quantitative estimate of drug-likeness (QED) is 0.353. The fourth-order valence-electron chi connectivity index (χ4n) is 3.32. The summed E-state index contributed by atoms with van der Waals surface area (Å²) in [5.41, 5.74) is -2.54. The number of alkyl halides is 6. The van der Waals surface area contributed by atoms with Crippen molar-refractivity contribution in [2.75, 3.05) is 0 Å². The van der Waals surface area contributed by atoms with E-state index in [4.69, 9.17) is 5.14 Å². The van der Waals surface area contributed by atoms with Gasteiger partial charge in [-0.2, -0.15) is 26.3 Å². The van der Waals surface area contributed by atoms with Gasteiger partial charge in [-0.15, -0.1) is 0 Å². The Morgan fingerprint density at radius 2 is 1.31 bits per heavy atom. The van der Waals surface area contributed by atoms with Crippen molar-refractivity contribution >= 4 is 10.0 Å². The number of pyridine rings is 1. The molecule has 0 aliphatic heterocycles. The van der Waals surface area contributed by atoms with Gasteiger partial charge in [-0.3, -0.25) is 0 Å². The lowest BCUT2D eigenvalue weighted by Gasteiger charge is -2.12. The van der Waals surface area contributed by atoms with Gasteiger partial charge in [0.15, 0.2) is 5.82 Å². The Labute approximate surface area is 200 Å². The molecular weight excluding hydrogens is 510 g/mol. The van der Waals surface area contributed by atoms with Crippen molar-refractivity contribution in [2.45, 2.75) is 17.2 Å². The van der Waals surface area contributed by atoms with Gasteiger partial charge in [0.1, 0.15) is 11.4 Å². The summed E-state index contributed by atoms with van der Waals surface area (Å²) in [6, 6.07) is 13.9. The van der Waals surface area contributed by atoms with Crippen LogP contribution in [0.25, 0.3) is 34.0 Å². The highest BCUT2D eigenvalue weighted by Gasteiger charge is 2.34. The number of nitrogens with two attached hydrogens (primary N) is 1. The largest absolute Gasteiger partial charge is 0.433 e. The molecule has 0 spiro atoms. The molecule has 2 heterocycles. The summed E-state index contributed by atoms with van der Waals surface area (Å²) in [7, 11) is -4.14. The summed E-state index contributed by atoms with van der Waals surface area (Å²) in [6.07, 6.45) is -9.51. The molecule has 2 aromatic heterocycles. The standard InChI is InChI=1S/C23H14F6N4O2S/c24-22(25,26)14-10-8-13(9-11-14)18-12-20(23(27,28)29)33-21(32-18)17-6-3-5-16(31-17)15-4-1-2-7-19(15)36(30,34)35/h1-12H,(H2,30,34,35). The number of nitrogens with zero attached hydrogens (tertiary/aromatic N) is 3. The van der Waals surface area contributed by atoms with Crippen LogP contribution in [0.1, 0.15) is 11.3 Å². The van der Waals surface area contributed by atoms with Crippen LogP contribution in [0.3, 0.4) is 0 Å². The monoisotopic (exact) mass is 524 g/mol. The Morgan fingerprint density at radius 1 is 0.667 bits per heavy atom. The fourth-order valence-corrected chi connectivity index (χ4v) is 4.07. The van der Waals surface area contributed by atoms with Crippen molar-refractivity contribution in [3.8, 4) is 34.0 Å². The normalized spacial score (nSPS) is 12.5. The molecule has 0 bridgehead atoms. The molecule has 0 aliphatic rings. The third-order valence-electron chi connectivity index (χ3n) is 4.97. The van der Waals surface area contributed by atoms with Crippen molar-refractivity contribution in [3.63, 3.8) is 0 Å². The highest BCUT2D eigenvalue weighted by Crippen LogP contribution is 2.34. The second-order valence-corrected chi connectivity index (χ2v) is 9.01. The van der Waals surface area contributed by atoms with Gasteiger partial charge in [0.25, 0.3) is 0 Å². The van der Waals surface area contributed by atoms with Gasteiger partial charge < -0.3 is 0 Å². The average molecular weight is 524 g/mol. The molecule has 6 nitrogen and oxygen atoms in total. The second-order valence-electron chi connectivity index (χ2n) is 7.48. The molecule has 0 radical (unpaired) electrons. The van der Waals surface area contributed by atoms with E-state index >= 15 is 0 Å². The van der Waals surface area contributed by atoms with Gasteiger partial charge in [0, 0.05) is 11.1 Å². The molecule has 4 rings (SSSR count). The summed E-state index contributed by atoms with van der Waals surface area (Å²) in [4.78, 5) is 11.6. The number of hydrogen-bond donors (Lipinski definition) is 1. The van der Waals surface area contributed by atoms with Crippen LogP contribution in [0, 0.1) is 0 Å². The van der Waals surface area contributed by atoms with Crippen LogP contribution in [0.15, 0.2) is 77.7 Å². The van der Waals surface area contributed by atoms with E-state index in [9.17, 15) is 34.8 Å². The summed E-state index contributed by atoms with van der Waals surface area (Å²) < 4.78 is 103. The number of halogens is 6. The van der Waals surface area contributed by atoms with E-state index < -0.39 is 39.5 Å². The number of primary sulfonamides is 1. The highest BCUT2D eigenvalue weighted by molar-refractivity contribution is 7.89. The van der Waals surface area contributed by atoms with Crippen molar-refractivity contribution in [1.82, 2.24) is 15.0 Å². The van der Waals surface area contributed by atoms with Crippen LogP contribution in [0.4, 0.5) is 26.3 Å². The van der Waals surface area contributed by atoms with E-state index in [1.165, 1.54) is 42.5 Å². The van der Waals surface area contributed by atoms with Crippen LogP contribution in [-0.4, -0.2) is 23.4 Å². The number of hydrogen-bond acceptors (Lipinski definition) is 5. The third-order valence-corrected chi connectivity index (χ3v) is 5.94. The van der Waals surface area contributed by atoms with E-state index in [1.807, 2.05) is 0 Å². The molecule has 0 saturated heterocycles.